The molecule has 12 heteroatoms. The molecule has 1 spiro atoms. The molecule has 9 N–H and O–H groups in total. The molecule has 1 unspecified atom stereocenters. The average Bonchev–Trinajstić information content (AvgIpc) is 3.11. The summed E-state index contributed by atoms with van der Waals surface area (Å²) in [6, 6.07) is 5.37. The van der Waals surface area contributed by atoms with Crippen molar-refractivity contribution in [1.82, 2.24) is 10.6 Å². The number of carboxylic acids is 1. The summed E-state index contributed by atoms with van der Waals surface area (Å²) in [6.45, 7) is -0.233. The number of ether oxygens (including phenoxy) is 1. The number of esters is 1. The quantitative estimate of drug-likeness (QED) is 0.153. The van der Waals surface area contributed by atoms with Gasteiger partial charge in [-0.3, -0.25) is 11.1 Å². The van der Waals surface area contributed by atoms with Crippen LogP contribution in [0.1, 0.15) is 10.4 Å². The van der Waals surface area contributed by atoms with Crippen molar-refractivity contribution in [2.24, 2.45) is 16.5 Å². The minimum Gasteiger partial charge on any atom is -0.479 e. The van der Waals surface area contributed by atoms with Crippen LogP contribution >= 0.6 is 0 Å². The minimum atomic E-state index is -2.76. The number of guanidine groups is 2. The summed E-state index contributed by atoms with van der Waals surface area (Å²) in [5.74, 6) is -5.19. The molecule has 1 aromatic rings. The zero-order valence-corrected chi connectivity index (χ0v) is 14.4. The van der Waals surface area contributed by atoms with Crippen LogP contribution in [0.3, 0.4) is 0 Å². The van der Waals surface area contributed by atoms with Crippen LogP contribution in [0.5, 0.6) is 0 Å². The number of benzene rings is 1. The number of nitrogens with two attached hydrogens (primary N) is 2. The molecule has 0 aromatic heterocycles. The number of nitrogens with zero attached hydrogens (tertiary/aromatic N) is 2. The second-order valence-corrected chi connectivity index (χ2v) is 6.79. The Kier molecular flexibility index (Phi) is 3.73. The van der Waals surface area contributed by atoms with Crippen molar-refractivity contribution in [3.05, 3.63) is 35.9 Å². The van der Waals surface area contributed by atoms with E-state index in [1.807, 2.05) is 0 Å². The van der Waals surface area contributed by atoms with Gasteiger partial charge in [-0.25, -0.2) is 19.2 Å². The zero-order valence-electron chi connectivity index (χ0n) is 14.4. The second-order valence-electron chi connectivity index (χ2n) is 6.79. The molecule has 3 aliphatic heterocycles. The third-order valence-electron chi connectivity index (χ3n) is 5.24. The van der Waals surface area contributed by atoms with Gasteiger partial charge in [-0.05, 0) is 12.1 Å². The van der Waals surface area contributed by atoms with Crippen molar-refractivity contribution in [3.8, 4) is 0 Å². The topological polar surface area (TPSA) is 196 Å². The molecule has 148 valence electrons. The van der Waals surface area contributed by atoms with Crippen LogP contribution in [0.25, 0.3) is 0 Å². The first kappa shape index (κ1) is 18.0. The third kappa shape index (κ3) is 2.25. The Balaban J connectivity index is 1.74. The molecule has 1 saturated heterocycles. The summed E-state index contributed by atoms with van der Waals surface area (Å²) < 4.78 is 6.60. The first-order valence-corrected chi connectivity index (χ1v) is 8.40. The lowest BCUT2D eigenvalue weighted by Gasteiger charge is -2.42. The smallest absolute Gasteiger partial charge is 0.346 e. The second kappa shape index (κ2) is 5.81. The van der Waals surface area contributed by atoms with Crippen molar-refractivity contribution < 1.29 is 34.2 Å². The van der Waals surface area contributed by atoms with E-state index in [1.54, 1.807) is 18.2 Å². The molecule has 0 amide bonds. The number of rotatable bonds is 3. The van der Waals surface area contributed by atoms with Gasteiger partial charge in [0.25, 0.3) is 5.79 Å². The van der Waals surface area contributed by atoms with E-state index in [2.05, 4.69) is 15.6 Å². The predicted molar refractivity (Wildman–Crippen MR) is 93.0 cm³/mol. The number of hydrogen-bond acceptors (Lipinski definition) is 10. The zero-order chi connectivity index (χ0) is 20.3. The highest BCUT2D eigenvalue weighted by Gasteiger charge is 2.76. The summed E-state index contributed by atoms with van der Waals surface area (Å²) in [4.78, 5) is 28.1. The summed E-state index contributed by atoms with van der Waals surface area (Å²) >= 11 is 0. The molecule has 1 fully saturated rings. The van der Waals surface area contributed by atoms with Crippen molar-refractivity contribution in [2.45, 2.75) is 29.6 Å². The van der Waals surface area contributed by atoms with Crippen molar-refractivity contribution in [1.29, 1.82) is 0 Å². The SMILES string of the molecule is NC1=N[C@H]2C(C(=O)O)NC(N)=[N+]3C[C@H](OC(=O)c4ccccc4)C(O)(O)[C@]23N1. The van der Waals surface area contributed by atoms with Gasteiger partial charge >= 0.3 is 17.9 Å². The largest absolute Gasteiger partial charge is 0.479 e. The van der Waals surface area contributed by atoms with Gasteiger partial charge in [-0.1, -0.05) is 18.2 Å². The van der Waals surface area contributed by atoms with Crippen LogP contribution in [0.4, 0.5) is 0 Å². The fourth-order valence-electron chi connectivity index (χ4n) is 3.97. The number of carboxylic acid groups (broad SMARTS) is 1. The highest BCUT2D eigenvalue weighted by atomic mass is 16.6. The maximum Gasteiger partial charge on any atom is 0.346 e. The number of carbonyl (C=O) groups is 2. The predicted octanol–water partition coefficient (Wildman–Crippen LogP) is -3.73. The Morgan fingerprint density at radius 1 is 1.25 bits per heavy atom. The van der Waals surface area contributed by atoms with Gasteiger partial charge in [-0.2, -0.15) is 0 Å². The van der Waals surface area contributed by atoms with Gasteiger partial charge < -0.3 is 31.1 Å². The Morgan fingerprint density at radius 3 is 2.57 bits per heavy atom. The third-order valence-corrected chi connectivity index (χ3v) is 5.24. The summed E-state index contributed by atoms with van der Waals surface area (Å²) in [7, 11) is 0. The van der Waals surface area contributed by atoms with Gasteiger partial charge in [0.05, 0.1) is 5.56 Å². The lowest BCUT2D eigenvalue weighted by molar-refractivity contribution is -0.622. The number of nitrogens with one attached hydrogen (secondary N) is 2. The van der Waals surface area contributed by atoms with Crippen LogP contribution in [0.15, 0.2) is 35.3 Å². The molecule has 3 aliphatic rings. The van der Waals surface area contributed by atoms with E-state index in [1.165, 1.54) is 16.7 Å². The van der Waals surface area contributed by atoms with Crippen LogP contribution in [-0.2, 0) is 9.53 Å². The fourth-order valence-corrected chi connectivity index (χ4v) is 3.97. The van der Waals surface area contributed by atoms with Crippen LogP contribution in [-0.4, -0.2) is 79.9 Å². The number of hydrogen-bond donors (Lipinski definition) is 7. The molecule has 4 atom stereocenters. The van der Waals surface area contributed by atoms with Crippen LogP contribution in [0.2, 0.25) is 0 Å². The first-order chi connectivity index (χ1) is 13.2. The fraction of sp³-hybridized carbons (Fsp3) is 0.375. The summed E-state index contributed by atoms with van der Waals surface area (Å²) in [5, 5.41) is 36.7. The lowest BCUT2D eigenvalue weighted by atomic mass is 9.86. The van der Waals surface area contributed by atoms with E-state index in [-0.39, 0.29) is 24.0 Å². The first-order valence-electron chi connectivity index (χ1n) is 8.40. The van der Waals surface area contributed by atoms with Crippen molar-refractivity contribution >= 4 is 23.9 Å². The molecule has 0 saturated carbocycles. The molecule has 0 aliphatic carbocycles. The maximum absolute atomic E-state index is 12.4. The van der Waals surface area contributed by atoms with Crippen LogP contribution < -0.4 is 22.1 Å². The van der Waals surface area contributed by atoms with Gasteiger partial charge in [0, 0.05) is 0 Å². The highest BCUT2D eigenvalue weighted by molar-refractivity contribution is 5.90. The average molecular weight is 391 g/mol. The van der Waals surface area contributed by atoms with Gasteiger partial charge in [0.2, 0.25) is 5.66 Å². The lowest BCUT2D eigenvalue weighted by Crippen LogP contribution is -2.79. The van der Waals surface area contributed by atoms with E-state index in [4.69, 9.17) is 16.2 Å². The van der Waals surface area contributed by atoms with E-state index in [9.17, 15) is 24.9 Å². The van der Waals surface area contributed by atoms with Gasteiger partial charge in [0.1, 0.15) is 6.54 Å². The number of carbonyl (C=O) groups excluding carboxylic acids is 1. The summed E-state index contributed by atoms with van der Waals surface area (Å²) in [6.07, 6.45) is -1.47. The molecule has 28 heavy (non-hydrogen) atoms. The van der Waals surface area contributed by atoms with E-state index < -0.39 is 41.6 Å². The highest BCUT2D eigenvalue weighted by Crippen LogP contribution is 2.42. The van der Waals surface area contributed by atoms with E-state index in [0.717, 1.165) is 0 Å². The molecule has 0 radical (unpaired) electrons. The standard InChI is InChI=1S/C16H18N6O6/c17-13-20-10-9(11(23)24)19-14(18)22-6-8(16(26,27)15(10,22)21-13)28-12(25)7-4-2-1-3-5-7/h1-5,8-10,26-27H,6H2,(H6,17,18,19,20,21,23,24)/p+1/t8-,9?,10-,15-/m0/s1. The molecule has 12 nitrogen and oxygen atoms in total. The van der Waals surface area contributed by atoms with Crippen molar-refractivity contribution in [3.63, 3.8) is 0 Å². The Morgan fingerprint density at radius 2 is 1.93 bits per heavy atom. The van der Waals surface area contributed by atoms with Crippen molar-refractivity contribution in [2.75, 3.05) is 6.54 Å². The Bertz CT molecular complexity index is 915. The number of aliphatic carboxylic acids is 1. The molecule has 3 heterocycles. The van der Waals surface area contributed by atoms with Gasteiger partial charge in [0.15, 0.2) is 24.1 Å². The number of aliphatic hydroxyl groups is 2. The monoisotopic (exact) mass is 391 g/mol. The molecule has 4 rings (SSSR count). The minimum absolute atomic E-state index is 0.146. The maximum atomic E-state index is 12.4. The summed E-state index contributed by atoms with van der Waals surface area (Å²) in [5.41, 5.74) is 9.96. The Hall–Kier alpha value is -3.38. The number of aliphatic imine (C=N–C) groups is 1. The van der Waals surface area contributed by atoms with Crippen LogP contribution in [0, 0.1) is 0 Å². The van der Waals surface area contributed by atoms with Gasteiger partial charge in [-0.15, -0.1) is 0 Å². The van der Waals surface area contributed by atoms with E-state index >= 15 is 0 Å². The Labute approximate surface area is 158 Å². The molecule has 1 aromatic carbocycles. The molecular formula is C16H19N6O6+. The molecule has 0 bridgehead atoms. The normalized spacial score (nSPS) is 32.5. The van der Waals surface area contributed by atoms with E-state index in [0.29, 0.717) is 0 Å². The molecular weight excluding hydrogens is 372 g/mol.